The summed E-state index contributed by atoms with van der Waals surface area (Å²) in [5.41, 5.74) is 0.529. The first-order valence-corrected chi connectivity index (χ1v) is 7.35. The minimum absolute atomic E-state index is 0.0709. The van der Waals surface area contributed by atoms with Gasteiger partial charge in [-0.15, -0.1) is 0 Å². The lowest BCUT2D eigenvalue weighted by Crippen LogP contribution is -2.39. The highest BCUT2D eigenvalue weighted by Crippen LogP contribution is 2.23. The number of aromatic nitrogens is 3. The van der Waals surface area contributed by atoms with Gasteiger partial charge in [-0.05, 0) is 25.0 Å². The molecule has 114 valence electrons. The molecule has 1 aliphatic heterocycles. The molecule has 0 bridgehead atoms. The Labute approximate surface area is 129 Å². The number of piperidine rings is 1. The Morgan fingerprint density at radius 2 is 2.18 bits per heavy atom. The number of pyridine rings is 1. The number of hydrogen-bond donors (Lipinski definition) is 0. The molecule has 0 radical (unpaired) electrons. The maximum absolute atomic E-state index is 12.5. The Hall–Kier alpha value is -2.50. The number of carbonyl (C=O) groups is 1. The molecular formula is C16H18N4O2. The highest BCUT2D eigenvalue weighted by molar-refractivity contribution is 5.96. The van der Waals surface area contributed by atoms with E-state index in [4.69, 9.17) is 4.74 Å². The van der Waals surface area contributed by atoms with E-state index in [-0.39, 0.29) is 11.7 Å². The van der Waals surface area contributed by atoms with Crippen molar-refractivity contribution < 1.29 is 9.53 Å². The van der Waals surface area contributed by atoms with Crippen LogP contribution in [0.15, 0.2) is 36.7 Å². The van der Waals surface area contributed by atoms with Crippen LogP contribution < -0.4 is 9.64 Å². The normalized spacial score (nSPS) is 18.0. The van der Waals surface area contributed by atoms with Crippen molar-refractivity contribution in [2.75, 3.05) is 25.1 Å². The molecule has 0 N–H and O–H groups in total. The number of hydrogen-bond acceptors (Lipinski definition) is 6. The van der Waals surface area contributed by atoms with Crippen LogP contribution in [0.1, 0.15) is 23.3 Å². The second-order valence-corrected chi connectivity index (χ2v) is 5.26. The van der Waals surface area contributed by atoms with Gasteiger partial charge in [-0.2, -0.15) is 4.98 Å². The summed E-state index contributed by atoms with van der Waals surface area (Å²) in [7, 11) is 1.58. The molecular weight excluding hydrogens is 280 g/mol. The van der Waals surface area contributed by atoms with Crippen molar-refractivity contribution in [3.05, 3.63) is 42.4 Å². The van der Waals surface area contributed by atoms with Gasteiger partial charge in [0, 0.05) is 37.5 Å². The van der Waals surface area contributed by atoms with Gasteiger partial charge in [0.1, 0.15) is 5.69 Å². The first-order chi connectivity index (χ1) is 10.8. The molecule has 6 nitrogen and oxygen atoms in total. The second-order valence-electron chi connectivity index (χ2n) is 5.26. The Morgan fingerprint density at radius 1 is 1.27 bits per heavy atom. The number of ether oxygens (including phenoxy) is 1. The van der Waals surface area contributed by atoms with Crippen LogP contribution in [0.2, 0.25) is 0 Å². The average Bonchev–Trinajstić information content (AvgIpc) is 2.62. The lowest BCUT2D eigenvalue weighted by molar-refractivity contribution is 0.0901. The van der Waals surface area contributed by atoms with Crippen LogP contribution in [0, 0.1) is 5.92 Å². The topological polar surface area (TPSA) is 68.2 Å². The number of methoxy groups -OCH3 is 1. The van der Waals surface area contributed by atoms with Crippen molar-refractivity contribution >= 4 is 11.7 Å². The summed E-state index contributed by atoms with van der Waals surface area (Å²) < 4.78 is 5.13. The van der Waals surface area contributed by atoms with Crippen molar-refractivity contribution in [3.63, 3.8) is 0 Å². The van der Waals surface area contributed by atoms with E-state index in [1.807, 2.05) is 17.0 Å². The predicted molar refractivity (Wildman–Crippen MR) is 82.1 cm³/mol. The Kier molecular flexibility index (Phi) is 4.27. The van der Waals surface area contributed by atoms with E-state index in [9.17, 15) is 4.79 Å². The lowest BCUT2D eigenvalue weighted by atomic mass is 9.92. The number of nitrogens with zero attached hydrogens (tertiary/aromatic N) is 4. The molecule has 2 aromatic heterocycles. The maximum Gasteiger partial charge on any atom is 0.228 e. The molecule has 2 aromatic rings. The number of anilines is 1. The van der Waals surface area contributed by atoms with E-state index in [1.54, 1.807) is 31.6 Å². The van der Waals surface area contributed by atoms with Gasteiger partial charge in [-0.25, -0.2) is 4.98 Å². The van der Waals surface area contributed by atoms with Gasteiger partial charge in [0.25, 0.3) is 0 Å². The zero-order valence-electron chi connectivity index (χ0n) is 12.5. The quantitative estimate of drug-likeness (QED) is 0.804. The molecule has 0 saturated carbocycles. The fourth-order valence-corrected chi connectivity index (χ4v) is 2.69. The van der Waals surface area contributed by atoms with Crippen LogP contribution in [0.25, 0.3) is 0 Å². The molecule has 0 aromatic carbocycles. The standard InChI is InChI=1S/C16H18N4O2/c1-22-14-7-9-18-16(19-14)20-10-4-5-12(11-20)15(21)13-6-2-3-8-17-13/h2-3,6-9,12H,4-5,10-11H2,1H3. The molecule has 22 heavy (non-hydrogen) atoms. The molecule has 1 aliphatic rings. The minimum atomic E-state index is -0.0709. The van der Waals surface area contributed by atoms with Crippen LogP contribution >= 0.6 is 0 Å². The number of rotatable bonds is 4. The first kappa shape index (κ1) is 14.4. The number of Topliss-reactive ketones (excluding diaryl/α,β-unsaturated/α-hetero) is 1. The highest BCUT2D eigenvalue weighted by Gasteiger charge is 2.28. The van der Waals surface area contributed by atoms with Crippen LogP contribution in [-0.2, 0) is 0 Å². The van der Waals surface area contributed by atoms with Crippen LogP contribution in [0.3, 0.4) is 0 Å². The van der Waals surface area contributed by atoms with Crippen molar-refractivity contribution in [1.29, 1.82) is 0 Å². The summed E-state index contributed by atoms with van der Waals surface area (Å²) in [5.74, 6) is 1.16. The summed E-state index contributed by atoms with van der Waals surface area (Å²) in [4.78, 5) is 27.4. The third-order valence-electron chi connectivity index (χ3n) is 3.82. The molecule has 3 heterocycles. The molecule has 0 spiro atoms. The first-order valence-electron chi connectivity index (χ1n) is 7.35. The summed E-state index contributed by atoms with van der Waals surface area (Å²) in [6.07, 6.45) is 5.13. The maximum atomic E-state index is 12.5. The molecule has 0 amide bonds. The van der Waals surface area contributed by atoms with E-state index >= 15 is 0 Å². The fraction of sp³-hybridized carbons (Fsp3) is 0.375. The summed E-state index contributed by atoms with van der Waals surface area (Å²) >= 11 is 0. The van der Waals surface area contributed by atoms with E-state index in [2.05, 4.69) is 15.0 Å². The van der Waals surface area contributed by atoms with Gasteiger partial charge in [0.05, 0.1) is 7.11 Å². The SMILES string of the molecule is COc1ccnc(N2CCCC(C(=O)c3ccccn3)C2)n1. The van der Waals surface area contributed by atoms with Gasteiger partial charge in [-0.3, -0.25) is 9.78 Å². The van der Waals surface area contributed by atoms with Crippen LogP contribution in [0.4, 0.5) is 5.95 Å². The van der Waals surface area contributed by atoms with Crippen molar-refractivity contribution in [3.8, 4) is 5.88 Å². The molecule has 1 saturated heterocycles. The average molecular weight is 298 g/mol. The van der Waals surface area contributed by atoms with Gasteiger partial charge in [0.15, 0.2) is 5.78 Å². The molecule has 1 fully saturated rings. The van der Waals surface area contributed by atoms with Crippen molar-refractivity contribution in [2.45, 2.75) is 12.8 Å². The van der Waals surface area contributed by atoms with Crippen LogP contribution in [-0.4, -0.2) is 40.9 Å². The smallest absolute Gasteiger partial charge is 0.228 e. The summed E-state index contributed by atoms with van der Waals surface area (Å²) in [6.45, 7) is 1.46. The van der Waals surface area contributed by atoms with Gasteiger partial charge >= 0.3 is 0 Å². The summed E-state index contributed by atoms with van der Waals surface area (Å²) in [5, 5.41) is 0. The van der Waals surface area contributed by atoms with Crippen molar-refractivity contribution in [2.24, 2.45) is 5.92 Å². The molecule has 1 atom stereocenters. The zero-order valence-corrected chi connectivity index (χ0v) is 12.5. The lowest BCUT2D eigenvalue weighted by Gasteiger charge is -2.31. The van der Waals surface area contributed by atoms with E-state index in [0.717, 1.165) is 19.4 Å². The van der Waals surface area contributed by atoms with E-state index < -0.39 is 0 Å². The zero-order chi connectivity index (χ0) is 15.4. The Morgan fingerprint density at radius 3 is 2.95 bits per heavy atom. The predicted octanol–water partition coefficient (Wildman–Crippen LogP) is 1.98. The van der Waals surface area contributed by atoms with Gasteiger partial charge < -0.3 is 9.64 Å². The third-order valence-corrected chi connectivity index (χ3v) is 3.82. The second kappa shape index (κ2) is 6.51. The Balaban J connectivity index is 1.75. The van der Waals surface area contributed by atoms with Gasteiger partial charge in [-0.1, -0.05) is 6.07 Å². The molecule has 0 aliphatic carbocycles. The van der Waals surface area contributed by atoms with Gasteiger partial charge in [0.2, 0.25) is 11.8 Å². The summed E-state index contributed by atoms with van der Waals surface area (Å²) in [6, 6.07) is 7.13. The molecule has 1 unspecified atom stereocenters. The third kappa shape index (κ3) is 3.05. The minimum Gasteiger partial charge on any atom is -0.481 e. The van der Waals surface area contributed by atoms with Crippen LogP contribution in [0.5, 0.6) is 5.88 Å². The van der Waals surface area contributed by atoms with E-state index in [0.29, 0.717) is 24.1 Å². The Bertz CT molecular complexity index is 648. The molecule has 3 rings (SSSR count). The molecule has 6 heteroatoms. The monoisotopic (exact) mass is 298 g/mol. The number of carbonyl (C=O) groups excluding carboxylic acids is 1. The van der Waals surface area contributed by atoms with E-state index in [1.165, 1.54) is 0 Å². The largest absolute Gasteiger partial charge is 0.481 e. The fourth-order valence-electron chi connectivity index (χ4n) is 2.69. The number of ketones is 1. The van der Waals surface area contributed by atoms with Crippen molar-refractivity contribution in [1.82, 2.24) is 15.0 Å². The highest BCUT2D eigenvalue weighted by atomic mass is 16.5.